The zero-order chi connectivity index (χ0) is 15.8. The van der Waals surface area contributed by atoms with Crippen molar-refractivity contribution in [3.8, 4) is 6.07 Å². The molecule has 1 aromatic heterocycles. The zero-order valence-corrected chi connectivity index (χ0v) is 12.0. The van der Waals surface area contributed by atoms with Crippen LogP contribution in [0.15, 0.2) is 36.7 Å². The van der Waals surface area contributed by atoms with Crippen molar-refractivity contribution in [2.24, 2.45) is 0 Å². The molecule has 0 aliphatic rings. The molecule has 0 radical (unpaired) electrons. The third-order valence-electron chi connectivity index (χ3n) is 2.80. The van der Waals surface area contributed by atoms with Gasteiger partial charge in [0.25, 0.3) is 5.91 Å². The number of nitrogens with one attached hydrogen (secondary N) is 2. The number of carbonyl (C=O) groups is 1. The minimum absolute atomic E-state index is 0.310. The van der Waals surface area contributed by atoms with Gasteiger partial charge in [-0.15, -0.1) is 0 Å². The van der Waals surface area contributed by atoms with Crippen LogP contribution in [-0.4, -0.2) is 36.1 Å². The molecule has 0 saturated heterocycles. The van der Waals surface area contributed by atoms with Crippen molar-refractivity contribution in [2.45, 2.75) is 0 Å². The molecule has 2 aromatic rings. The summed E-state index contributed by atoms with van der Waals surface area (Å²) in [6, 6.07) is 8.80. The molecule has 0 fully saturated rings. The van der Waals surface area contributed by atoms with Crippen LogP contribution in [0.2, 0.25) is 0 Å². The summed E-state index contributed by atoms with van der Waals surface area (Å²) in [5.41, 5.74) is 1.16. The van der Waals surface area contributed by atoms with Crippen molar-refractivity contribution in [3.05, 3.63) is 47.8 Å². The lowest BCUT2D eigenvalue weighted by Gasteiger charge is -2.07. The fourth-order valence-corrected chi connectivity index (χ4v) is 1.69. The monoisotopic (exact) mass is 297 g/mol. The molecule has 0 unspecified atom stereocenters. The number of para-hydroxylation sites is 1. The van der Waals surface area contributed by atoms with Crippen LogP contribution in [0.3, 0.4) is 0 Å². The first kappa shape index (κ1) is 15.4. The average molecular weight is 297 g/mol. The van der Waals surface area contributed by atoms with Crippen LogP contribution in [0.5, 0.6) is 0 Å². The van der Waals surface area contributed by atoms with E-state index < -0.39 is 0 Å². The van der Waals surface area contributed by atoms with E-state index in [2.05, 4.69) is 20.6 Å². The van der Waals surface area contributed by atoms with Crippen molar-refractivity contribution in [1.29, 1.82) is 5.26 Å². The van der Waals surface area contributed by atoms with E-state index in [4.69, 9.17) is 10.00 Å². The number of amides is 1. The number of anilines is 2. The minimum atomic E-state index is -0.369. The average Bonchev–Trinajstić information content (AvgIpc) is 2.56. The van der Waals surface area contributed by atoms with Gasteiger partial charge in [-0.3, -0.25) is 4.79 Å². The van der Waals surface area contributed by atoms with Crippen LogP contribution >= 0.6 is 0 Å². The fraction of sp³-hybridized carbons (Fsp3) is 0.200. The zero-order valence-electron chi connectivity index (χ0n) is 12.0. The topological polar surface area (TPSA) is 99.9 Å². The summed E-state index contributed by atoms with van der Waals surface area (Å²) in [7, 11) is 1.61. The van der Waals surface area contributed by atoms with Gasteiger partial charge in [0.1, 0.15) is 6.07 Å². The van der Waals surface area contributed by atoms with E-state index in [0.29, 0.717) is 35.9 Å². The number of nitrogens with zero attached hydrogens (tertiary/aromatic N) is 3. The molecule has 0 atom stereocenters. The van der Waals surface area contributed by atoms with Crippen LogP contribution in [0, 0.1) is 11.3 Å². The second kappa shape index (κ2) is 7.71. The molecule has 2 N–H and O–H groups in total. The van der Waals surface area contributed by atoms with E-state index in [-0.39, 0.29) is 5.91 Å². The third kappa shape index (κ3) is 4.01. The number of hydrogen-bond donors (Lipinski definition) is 2. The summed E-state index contributed by atoms with van der Waals surface area (Å²) >= 11 is 0. The molecule has 0 spiro atoms. The van der Waals surface area contributed by atoms with E-state index in [1.165, 1.54) is 12.4 Å². The van der Waals surface area contributed by atoms with Gasteiger partial charge < -0.3 is 15.4 Å². The molecule has 0 saturated carbocycles. The molecule has 7 heteroatoms. The normalized spacial score (nSPS) is 9.82. The molecule has 112 valence electrons. The molecule has 0 aliphatic carbocycles. The lowest BCUT2D eigenvalue weighted by molar-refractivity contribution is 0.102. The van der Waals surface area contributed by atoms with E-state index in [1.807, 2.05) is 6.07 Å². The van der Waals surface area contributed by atoms with Crippen LogP contribution in [0.25, 0.3) is 0 Å². The number of rotatable bonds is 6. The lowest BCUT2D eigenvalue weighted by Crippen LogP contribution is -2.15. The molecule has 2 rings (SSSR count). The Labute approximate surface area is 128 Å². The molecular weight excluding hydrogens is 282 g/mol. The Morgan fingerprint density at radius 2 is 2.05 bits per heavy atom. The SMILES string of the molecule is COCCNc1ncc(C(=O)Nc2ccccc2C#N)cn1. The summed E-state index contributed by atoms with van der Waals surface area (Å²) in [4.78, 5) is 20.2. The first-order valence-electron chi connectivity index (χ1n) is 6.60. The van der Waals surface area contributed by atoms with Crippen molar-refractivity contribution in [1.82, 2.24) is 9.97 Å². The molecule has 7 nitrogen and oxygen atoms in total. The summed E-state index contributed by atoms with van der Waals surface area (Å²) < 4.78 is 4.91. The van der Waals surface area contributed by atoms with E-state index >= 15 is 0 Å². The quantitative estimate of drug-likeness (QED) is 0.786. The van der Waals surface area contributed by atoms with Gasteiger partial charge in [0.15, 0.2) is 0 Å². The Morgan fingerprint density at radius 1 is 1.32 bits per heavy atom. The van der Waals surface area contributed by atoms with Crippen molar-refractivity contribution in [2.75, 3.05) is 30.9 Å². The van der Waals surface area contributed by atoms with Crippen LogP contribution in [0.1, 0.15) is 15.9 Å². The third-order valence-corrected chi connectivity index (χ3v) is 2.80. The summed E-state index contributed by atoms with van der Waals surface area (Å²) in [5.74, 6) is 0.0529. The van der Waals surface area contributed by atoms with E-state index in [9.17, 15) is 4.79 Å². The Morgan fingerprint density at radius 3 is 2.73 bits per heavy atom. The van der Waals surface area contributed by atoms with Crippen LogP contribution in [0.4, 0.5) is 11.6 Å². The van der Waals surface area contributed by atoms with Gasteiger partial charge in [-0.25, -0.2) is 9.97 Å². The maximum Gasteiger partial charge on any atom is 0.258 e. The maximum atomic E-state index is 12.1. The van der Waals surface area contributed by atoms with Gasteiger partial charge in [0, 0.05) is 26.0 Å². The molecule has 0 bridgehead atoms. The Balaban J connectivity index is 2.02. The molecule has 1 aromatic carbocycles. The summed E-state index contributed by atoms with van der Waals surface area (Å²) in [6.07, 6.45) is 2.85. The number of methoxy groups -OCH3 is 1. The molecule has 1 heterocycles. The molecule has 22 heavy (non-hydrogen) atoms. The van der Waals surface area contributed by atoms with Gasteiger partial charge in [-0.2, -0.15) is 5.26 Å². The number of aromatic nitrogens is 2. The highest BCUT2D eigenvalue weighted by Gasteiger charge is 2.10. The largest absolute Gasteiger partial charge is 0.383 e. The van der Waals surface area contributed by atoms with E-state index in [0.717, 1.165) is 0 Å². The van der Waals surface area contributed by atoms with Gasteiger partial charge >= 0.3 is 0 Å². The van der Waals surface area contributed by atoms with Crippen molar-refractivity contribution < 1.29 is 9.53 Å². The predicted molar refractivity (Wildman–Crippen MR) is 81.5 cm³/mol. The van der Waals surface area contributed by atoms with Crippen LogP contribution in [-0.2, 0) is 4.74 Å². The Kier molecular flexibility index (Phi) is 5.40. The van der Waals surface area contributed by atoms with Crippen molar-refractivity contribution >= 4 is 17.5 Å². The maximum absolute atomic E-state index is 12.1. The highest BCUT2D eigenvalue weighted by molar-refractivity contribution is 6.04. The summed E-state index contributed by atoms with van der Waals surface area (Å²) in [6.45, 7) is 1.12. The fourth-order valence-electron chi connectivity index (χ4n) is 1.69. The lowest BCUT2D eigenvalue weighted by atomic mass is 10.2. The molecular formula is C15H15N5O2. The number of nitriles is 1. The number of ether oxygens (including phenoxy) is 1. The summed E-state index contributed by atoms with van der Waals surface area (Å²) in [5, 5.41) is 14.6. The van der Waals surface area contributed by atoms with Crippen LogP contribution < -0.4 is 10.6 Å². The number of benzene rings is 1. The highest BCUT2D eigenvalue weighted by Crippen LogP contribution is 2.14. The minimum Gasteiger partial charge on any atom is -0.383 e. The predicted octanol–water partition coefficient (Wildman–Crippen LogP) is 1.66. The first-order chi connectivity index (χ1) is 10.7. The van der Waals surface area contributed by atoms with Gasteiger partial charge in [-0.1, -0.05) is 12.1 Å². The second-order valence-corrected chi connectivity index (χ2v) is 4.33. The number of hydrogen-bond acceptors (Lipinski definition) is 6. The Hall–Kier alpha value is -2.98. The molecule has 1 amide bonds. The molecule has 0 aliphatic heterocycles. The highest BCUT2D eigenvalue weighted by atomic mass is 16.5. The van der Waals surface area contributed by atoms with Gasteiger partial charge in [0.2, 0.25) is 5.95 Å². The number of carbonyl (C=O) groups excluding carboxylic acids is 1. The first-order valence-corrected chi connectivity index (χ1v) is 6.60. The Bertz CT molecular complexity index is 679. The van der Waals surface area contributed by atoms with E-state index in [1.54, 1.807) is 31.4 Å². The van der Waals surface area contributed by atoms with Crippen molar-refractivity contribution in [3.63, 3.8) is 0 Å². The van der Waals surface area contributed by atoms with Gasteiger partial charge in [-0.05, 0) is 12.1 Å². The van der Waals surface area contributed by atoms with Gasteiger partial charge in [0.05, 0.1) is 23.4 Å². The second-order valence-electron chi connectivity index (χ2n) is 4.33. The standard InChI is InChI=1S/C15H15N5O2/c1-22-7-6-17-15-18-9-12(10-19-15)14(21)20-13-5-3-2-4-11(13)8-16/h2-5,9-10H,6-7H2,1H3,(H,20,21)(H,17,18,19). The smallest absolute Gasteiger partial charge is 0.258 e.